The van der Waals surface area contributed by atoms with Gasteiger partial charge in [-0.2, -0.15) is 5.10 Å². The van der Waals surface area contributed by atoms with E-state index >= 15 is 0 Å². The van der Waals surface area contributed by atoms with Crippen molar-refractivity contribution < 1.29 is 4.79 Å². The molecule has 0 aliphatic carbocycles. The number of anilines is 1. The molecule has 4 aromatic rings. The van der Waals surface area contributed by atoms with Gasteiger partial charge in [-0.15, -0.1) is 0 Å². The summed E-state index contributed by atoms with van der Waals surface area (Å²) < 4.78 is 2.00. The van der Waals surface area contributed by atoms with Gasteiger partial charge in [0.15, 0.2) is 11.0 Å². The van der Waals surface area contributed by atoms with Crippen LogP contribution in [0.1, 0.15) is 17.0 Å². The molecule has 0 aliphatic rings. The van der Waals surface area contributed by atoms with Crippen LogP contribution in [-0.4, -0.2) is 36.4 Å². The van der Waals surface area contributed by atoms with E-state index in [-0.39, 0.29) is 11.7 Å². The van der Waals surface area contributed by atoms with E-state index in [1.165, 1.54) is 22.9 Å². The van der Waals surface area contributed by atoms with E-state index in [4.69, 9.17) is 0 Å². The molecular formula is C22H22N6OS. The number of rotatable bonds is 6. The first-order valence-corrected chi connectivity index (χ1v) is 10.5. The molecule has 4 rings (SSSR count). The summed E-state index contributed by atoms with van der Waals surface area (Å²) in [7, 11) is 0. The molecule has 30 heavy (non-hydrogen) atoms. The van der Waals surface area contributed by atoms with Crippen molar-refractivity contribution in [2.75, 3.05) is 11.1 Å². The van der Waals surface area contributed by atoms with Gasteiger partial charge >= 0.3 is 0 Å². The van der Waals surface area contributed by atoms with Crippen LogP contribution in [0.3, 0.4) is 0 Å². The zero-order valence-corrected chi connectivity index (χ0v) is 17.8. The number of carbonyl (C=O) groups is 1. The second-order valence-electron chi connectivity index (χ2n) is 7.09. The highest BCUT2D eigenvalue weighted by atomic mass is 32.2. The van der Waals surface area contributed by atoms with Gasteiger partial charge < -0.3 is 5.32 Å². The Labute approximate surface area is 179 Å². The number of hydrogen-bond donors (Lipinski definition) is 2. The Morgan fingerprint density at radius 2 is 1.93 bits per heavy atom. The first kappa shape index (κ1) is 19.9. The number of nitrogens with zero attached hydrogens (tertiary/aromatic N) is 4. The Hall–Kier alpha value is -3.39. The maximum absolute atomic E-state index is 12.5. The summed E-state index contributed by atoms with van der Waals surface area (Å²) >= 11 is 1.40. The van der Waals surface area contributed by atoms with Gasteiger partial charge in [-0.05, 0) is 56.2 Å². The average Bonchev–Trinajstić information content (AvgIpc) is 3.35. The number of benzene rings is 2. The van der Waals surface area contributed by atoms with Gasteiger partial charge in [-0.25, -0.2) is 9.97 Å². The normalized spacial score (nSPS) is 10.9. The largest absolute Gasteiger partial charge is 0.325 e. The van der Waals surface area contributed by atoms with Crippen LogP contribution in [0, 0.1) is 20.8 Å². The van der Waals surface area contributed by atoms with E-state index in [2.05, 4.69) is 57.5 Å². The van der Waals surface area contributed by atoms with E-state index in [0.717, 1.165) is 22.2 Å². The molecule has 7 nitrogen and oxygen atoms in total. The monoisotopic (exact) mass is 418 g/mol. The Kier molecular flexibility index (Phi) is 5.67. The third kappa shape index (κ3) is 4.60. The Bertz CT molecular complexity index is 1180. The Morgan fingerprint density at radius 3 is 2.67 bits per heavy atom. The minimum Gasteiger partial charge on any atom is -0.325 e. The van der Waals surface area contributed by atoms with E-state index in [1.54, 1.807) is 6.20 Å². The number of carbonyl (C=O) groups excluding carboxylic acids is 1. The maximum Gasteiger partial charge on any atom is 0.234 e. The van der Waals surface area contributed by atoms with Gasteiger partial charge in [0.05, 0.1) is 5.75 Å². The molecule has 1 amide bonds. The predicted molar refractivity (Wildman–Crippen MR) is 119 cm³/mol. The fourth-order valence-corrected chi connectivity index (χ4v) is 3.99. The molecule has 0 atom stereocenters. The minimum absolute atomic E-state index is 0.0988. The molecule has 2 aromatic carbocycles. The topological polar surface area (TPSA) is 88.5 Å². The van der Waals surface area contributed by atoms with Gasteiger partial charge in [-0.1, -0.05) is 30.0 Å². The molecule has 0 spiro atoms. The molecule has 152 valence electrons. The molecule has 0 radical (unpaired) electrons. The van der Waals surface area contributed by atoms with Crippen molar-refractivity contribution in [3.8, 4) is 17.1 Å². The van der Waals surface area contributed by atoms with Gasteiger partial charge in [-0.3, -0.25) is 14.5 Å². The highest BCUT2D eigenvalue weighted by molar-refractivity contribution is 7.99. The number of imidazole rings is 1. The third-order valence-corrected chi connectivity index (χ3v) is 5.39. The van der Waals surface area contributed by atoms with E-state index in [1.807, 2.05) is 42.0 Å². The van der Waals surface area contributed by atoms with E-state index < -0.39 is 0 Å². The lowest BCUT2D eigenvalue weighted by atomic mass is 10.1. The van der Waals surface area contributed by atoms with E-state index in [9.17, 15) is 4.79 Å². The molecule has 0 saturated carbocycles. The first-order valence-electron chi connectivity index (χ1n) is 9.52. The van der Waals surface area contributed by atoms with Crippen molar-refractivity contribution in [3.05, 3.63) is 71.8 Å². The van der Waals surface area contributed by atoms with Crippen molar-refractivity contribution in [2.45, 2.75) is 25.9 Å². The minimum atomic E-state index is -0.0988. The molecule has 0 bridgehead atoms. The molecular weight excluding hydrogens is 396 g/mol. The number of aromatic amines is 1. The van der Waals surface area contributed by atoms with Gasteiger partial charge in [0, 0.05) is 29.3 Å². The summed E-state index contributed by atoms with van der Waals surface area (Å²) in [5.41, 5.74) is 4.97. The highest BCUT2D eigenvalue weighted by Crippen LogP contribution is 2.23. The highest BCUT2D eigenvalue weighted by Gasteiger charge is 2.11. The molecule has 2 aromatic heterocycles. The number of nitrogens with one attached hydrogen (secondary N) is 2. The summed E-state index contributed by atoms with van der Waals surface area (Å²) in [6, 6.07) is 13.8. The van der Waals surface area contributed by atoms with Crippen LogP contribution >= 0.6 is 11.8 Å². The Balaban J connectivity index is 1.42. The first-order chi connectivity index (χ1) is 14.5. The van der Waals surface area contributed by atoms with Crippen LogP contribution in [0.4, 0.5) is 5.69 Å². The second-order valence-corrected chi connectivity index (χ2v) is 8.03. The smallest absolute Gasteiger partial charge is 0.234 e. The van der Waals surface area contributed by atoms with Crippen LogP contribution in [-0.2, 0) is 4.79 Å². The van der Waals surface area contributed by atoms with Crippen LogP contribution in [0.25, 0.3) is 17.1 Å². The van der Waals surface area contributed by atoms with Gasteiger partial charge in [0.1, 0.15) is 5.82 Å². The standard InChI is InChI=1S/C22H22N6OS/c1-14-9-15(2)11-19(10-14)28-8-7-23-22(28)30-13-20(29)25-18-6-4-5-17(12-18)21-24-16(3)26-27-21/h4-12H,13H2,1-3H3,(H,25,29)(H,24,26,27). The number of thioether (sulfide) groups is 1. The fourth-order valence-electron chi connectivity index (χ4n) is 3.22. The summed E-state index contributed by atoms with van der Waals surface area (Å²) in [6.07, 6.45) is 3.66. The lowest BCUT2D eigenvalue weighted by Gasteiger charge is -2.10. The second kappa shape index (κ2) is 8.54. The number of H-pyrrole nitrogens is 1. The number of hydrogen-bond acceptors (Lipinski definition) is 5. The molecule has 0 fully saturated rings. The zero-order chi connectivity index (χ0) is 21.1. The number of amides is 1. The van der Waals surface area contributed by atoms with Gasteiger partial charge in [0.25, 0.3) is 0 Å². The van der Waals surface area contributed by atoms with Crippen LogP contribution < -0.4 is 5.32 Å². The molecule has 2 N–H and O–H groups in total. The van der Waals surface area contributed by atoms with Crippen LogP contribution in [0.15, 0.2) is 60.0 Å². The summed E-state index contributed by atoms with van der Waals surface area (Å²) in [5.74, 6) is 1.51. The van der Waals surface area contributed by atoms with Gasteiger partial charge in [0.2, 0.25) is 5.91 Å². The molecule has 0 aliphatic heterocycles. The predicted octanol–water partition coefficient (Wildman–Crippen LogP) is 4.31. The zero-order valence-electron chi connectivity index (χ0n) is 17.0. The van der Waals surface area contributed by atoms with Crippen molar-refractivity contribution in [2.24, 2.45) is 0 Å². The SMILES string of the molecule is Cc1cc(C)cc(-n2ccnc2SCC(=O)Nc2cccc(-c3n[nH]c(C)n3)c2)c1. The maximum atomic E-state index is 12.5. The average molecular weight is 419 g/mol. The van der Waals surface area contributed by atoms with Crippen molar-refractivity contribution in [1.82, 2.24) is 24.7 Å². The lowest BCUT2D eigenvalue weighted by molar-refractivity contribution is -0.113. The number of aryl methyl sites for hydroxylation is 3. The third-order valence-electron chi connectivity index (χ3n) is 4.43. The van der Waals surface area contributed by atoms with E-state index in [0.29, 0.717) is 11.5 Å². The summed E-state index contributed by atoms with van der Waals surface area (Å²) in [5, 5.41) is 10.7. The molecule has 2 heterocycles. The Morgan fingerprint density at radius 1 is 1.13 bits per heavy atom. The molecule has 0 unspecified atom stereocenters. The van der Waals surface area contributed by atoms with Crippen molar-refractivity contribution >= 4 is 23.4 Å². The lowest BCUT2D eigenvalue weighted by Crippen LogP contribution is -2.14. The summed E-state index contributed by atoms with van der Waals surface area (Å²) in [4.78, 5) is 21.2. The molecule has 8 heteroatoms. The summed E-state index contributed by atoms with van der Waals surface area (Å²) in [6.45, 7) is 5.99. The van der Waals surface area contributed by atoms with Crippen molar-refractivity contribution in [1.29, 1.82) is 0 Å². The van der Waals surface area contributed by atoms with Crippen LogP contribution in [0.2, 0.25) is 0 Å². The molecule has 0 saturated heterocycles. The number of aromatic nitrogens is 5. The van der Waals surface area contributed by atoms with Crippen molar-refractivity contribution in [3.63, 3.8) is 0 Å². The van der Waals surface area contributed by atoms with Crippen LogP contribution in [0.5, 0.6) is 0 Å². The fraction of sp³-hybridized carbons (Fsp3) is 0.182. The quantitative estimate of drug-likeness (QED) is 0.456.